The fourth-order valence-electron chi connectivity index (χ4n) is 3.52. The van der Waals surface area contributed by atoms with Crippen molar-refractivity contribution in [1.29, 1.82) is 0 Å². The summed E-state index contributed by atoms with van der Waals surface area (Å²) in [6, 6.07) is 16.2. The van der Waals surface area contributed by atoms with Gasteiger partial charge in [0.1, 0.15) is 24.7 Å². The molecule has 0 aliphatic carbocycles. The van der Waals surface area contributed by atoms with E-state index in [-0.39, 0.29) is 5.41 Å². The zero-order valence-electron chi connectivity index (χ0n) is 23.4. The van der Waals surface area contributed by atoms with Gasteiger partial charge in [0.25, 0.3) is 0 Å². The van der Waals surface area contributed by atoms with E-state index >= 15 is 0 Å². The van der Waals surface area contributed by atoms with E-state index in [0.717, 1.165) is 36.1 Å². The lowest BCUT2D eigenvalue weighted by Crippen LogP contribution is -2.22. The van der Waals surface area contributed by atoms with Crippen molar-refractivity contribution in [3.8, 4) is 11.5 Å². The van der Waals surface area contributed by atoms with Gasteiger partial charge >= 0.3 is 0 Å². The van der Waals surface area contributed by atoms with Crippen LogP contribution < -0.4 is 9.47 Å². The van der Waals surface area contributed by atoms with Crippen LogP contribution in [0.5, 0.6) is 11.5 Å². The minimum absolute atomic E-state index is 0.192. The normalized spacial score (nSPS) is 13.7. The van der Waals surface area contributed by atoms with Gasteiger partial charge in [-0.1, -0.05) is 38.1 Å². The van der Waals surface area contributed by atoms with Crippen LogP contribution in [0.1, 0.15) is 25.0 Å². The minimum Gasteiger partial charge on any atom is -0.491 e. The number of rotatable bonds is 18. The lowest BCUT2D eigenvalue weighted by molar-refractivity contribution is 0.126. The van der Waals surface area contributed by atoms with E-state index in [1.165, 1.54) is 11.1 Å². The van der Waals surface area contributed by atoms with Crippen molar-refractivity contribution in [3.05, 3.63) is 59.7 Å². The predicted molar refractivity (Wildman–Crippen MR) is 160 cm³/mol. The Kier molecular flexibility index (Phi) is 14.2. The van der Waals surface area contributed by atoms with Crippen LogP contribution in [-0.2, 0) is 5.41 Å². The van der Waals surface area contributed by atoms with Crippen LogP contribution in [0.4, 0.5) is 0 Å². The molecule has 0 radical (unpaired) electrons. The molecule has 2 aromatic carbocycles. The quantitative estimate of drug-likeness (QED) is 0.269. The van der Waals surface area contributed by atoms with E-state index in [9.17, 15) is 10.2 Å². The summed E-state index contributed by atoms with van der Waals surface area (Å²) in [4.78, 5) is 4.28. The second-order valence-corrected chi connectivity index (χ2v) is 12.7. The first-order chi connectivity index (χ1) is 17.6. The van der Waals surface area contributed by atoms with Gasteiger partial charge in [0, 0.05) is 41.5 Å². The summed E-state index contributed by atoms with van der Waals surface area (Å²) in [5.74, 6) is 4.87. The van der Waals surface area contributed by atoms with Crippen molar-refractivity contribution >= 4 is 23.5 Å². The number of benzene rings is 2. The van der Waals surface area contributed by atoms with E-state index in [1.54, 1.807) is 23.5 Å². The number of hydrogen-bond donors (Lipinski definition) is 2. The van der Waals surface area contributed by atoms with Gasteiger partial charge in [0.15, 0.2) is 0 Å². The first kappa shape index (κ1) is 31.8. The molecule has 37 heavy (non-hydrogen) atoms. The highest BCUT2D eigenvalue weighted by atomic mass is 32.2. The lowest BCUT2D eigenvalue weighted by atomic mass is 9.78. The van der Waals surface area contributed by atoms with Crippen LogP contribution in [0.15, 0.2) is 48.5 Å². The molecule has 0 amide bonds. The van der Waals surface area contributed by atoms with Gasteiger partial charge < -0.3 is 29.5 Å². The number of aliphatic hydroxyl groups excluding tert-OH is 2. The van der Waals surface area contributed by atoms with Gasteiger partial charge in [-0.25, -0.2) is 0 Å². The third kappa shape index (κ3) is 12.3. The molecule has 2 N–H and O–H groups in total. The summed E-state index contributed by atoms with van der Waals surface area (Å²) in [5, 5.41) is 20.4. The van der Waals surface area contributed by atoms with Gasteiger partial charge in [-0.05, 0) is 63.6 Å². The largest absolute Gasteiger partial charge is 0.491 e. The molecule has 2 atom stereocenters. The van der Waals surface area contributed by atoms with Crippen molar-refractivity contribution in [1.82, 2.24) is 9.80 Å². The Labute approximate surface area is 232 Å². The molecule has 2 aromatic rings. The number of nitrogens with zero attached hydrogens (tertiary/aromatic N) is 2. The maximum atomic E-state index is 10.2. The molecule has 0 spiro atoms. The van der Waals surface area contributed by atoms with Crippen LogP contribution in [0.25, 0.3) is 0 Å². The molecule has 0 aromatic heterocycles. The van der Waals surface area contributed by atoms with Crippen molar-refractivity contribution < 1.29 is 19.7 Å². The second kappa shape index (κ2) is 16.5. The number of hydrogen-bond acceptors (Lipinski definition) is 8. The Hall–Kier alpha value is -1.42. The number of aliphatic hydroxyl groups is 2. The highest BCUT2D eigenvalue weighted by Gasteiger charge is 2.23. The maximum Gasteiger partial charge on any atom is 0.119 e. The fraction of sp³-hybridized carbons (Fsp3) is 0.586. The fourth-order valence-corrected chi connectivity index (χ4v) is 5.57. The van der Waals surface area contributed by atoms with E-state index < -0.39 is 12.2 Å². The molecule has 2 unspecified atom stereocenters. The van der Waals surface area contributed by atoms with Gasteiger partial charge in [-0.15, -0.1) is 0 Å². The Morgan fingerprint density at radius 3 is 1.35 bits per heavy atom. The van der Waals surface area contributed by atoms with Gasteiger partial charge in [-0.2, -0.15) is 23.5 Å². The molecule has 0 aliphatic rings. The molecular formula is C29H46N2O4S2. The SMILES string of the molecule is CN(C)CCSCC(O)COc1ccc(C(C)(C)c2ccc(OCC(O)CSCCN(C)C)cc2)cc1. The molecule has 6 nitrogen and oxygen atoms in total. The average molecular weight is 551 g/mol. The summed E-state index contributed by atoms with van der Waals surface area (Å²) < 4.78 is 11.6. The van der Waals surface area contributed by atoms with E-state index in [1.807, 2.05) is 24.3 Å². The number of ether oxygens (including phenoxy) is 2. The van der Waals surface area contributed by atoms with Crippen LogP contribution in [0, 0.1) is 0 Å². The van der Waals surface area contributed by atoms with E-state index in [4.69, 9.17) is 9.47 Å². The molecular weight excluding hydrogens is 504 g/mol. The van der Waals surface area contributed by atoms with Crippen LogP contribution in [0.2, 0.25) is 0 Å². The van der Waals surface area contributed by atoms with Crippen molar-refractivity contribution in [2.75, 3.05) is 77.5 Å². The molecule has 8 heteroatoms. The summed E-state index contributed by atoms with van der Waals surface area (Å²) in [5.41, 5.74) is 2.17. The maximum absolute atomic E-state index is 10.2. The Morgan fingerprint density at radius 1 is 0.676 bits per heavy atom. The molecule has 0 saturated heterocycles. The third-order valence-electron chi connectivity index (χ3n) is 6.02. The monoisotopic (exact) mass is 550 g/mol. The van der Waals surface area contributed by atoms with Crippen molar-refractivity contribution in [2.45, 2.75) is 31.5 Å². The summed E-state index contributed by atoms with van der Waals surface area (Å²) >= 11 is 3.49. The third-order valence-corrected chi connectivity index (χ3v) is 8.21. The molecule has 0 bridgehead atoms. The van der Waals surface area contributed by atoms with Gasteiger partial charge in [0.2, 0.25) is 0 Å². The van der Waals surface area contributed by atoms with E-state index in [2.05, 4.69) is 76.1 Å². The van der Waals surface area contributed by atoms with Crippen LogP contribution in [0.3, 0.4) is 0 Å². The molecule has 0 fully saturated rings. The summed E-state index contributed by atoms with van der Waals surface area (Å²) in [7, 11) is 8.21. The summed E-state index contributed by atoms with van der Waals surface area (Å²) in [6.07, 6.45) is -0.959. The Bertz CT molecular complexity index is 805. The number of thioether (sulfide) groups is 2. The average Bonchev–Trinajstić information content (AvgIpc) is 2.87. The van der Waals surface area contributed by atoms with Gasteiger partial charge in [-0.3, -0.25) is 0 Å². The van der Waals surface area contributed by atoms with Crippen molar-refractivity contribution in [3.63, 3.8) is 0 Å². The van der Waals surface area contributed by atoms with Crippen LogP contribution >= 0.6 is 23.5 Å². The highest BCUT2D eigenvalue weighted by molar-refractivity contribution is 7.99. The minimum atomic E-state index is -0.480. The van der Waals surface area contributed by atoms with Crippen LogP contribution in [-0.4, -0.2) is 110 Å². The first-order valence-electron chi connectivity index (χ1n) is 12.9. The first-order valence-corrected chi connectivity index (χ1v) is 15.2. The van der Waals surface area contributed by atoms with Gasteiger partial charge in [0.05, 0.1) is 12.2 Å². The molecule has 0 aliphatic heterocycles. The van der Waals surface area contributed by atoms with Crippen molar-refractivity contribution in [2.24, 2.45) is 0 Å². The molecule has 208 valence electrons. The zero-order valence-corrected chi connectivity index (χ0v) is 25.0. The highest BCUT2D eigenvalue weighted by Crippen LogP contribution is 2.33. The second-order valence-electron chi connectivity index (χ2n) is 10.4. The molecule has 0 saturated carbocycles. The smallest absolute Gasteiger partial charge is 0.119 e. The summed E-state index contributed by atoms with van der Waals surface area (Å²) in [6.45, 7) is 6.99. The zero-order chi connectivity index (χ0) is 27.3. The topological polar surface area (TPSA) is 65.4 Å². The predicted octanol–water partition coefficient (Wildman–Crippen LogP) is 4.08. The Morgan fingerprint density at radius 2 is 1.03 bits per heavy atom. The standard InChI is InChI=1S/C29H46N2O4S2/c1-29(2,23-7-11-27(12-8-23)34-19-25(32)21-36-17-15-30(3)4)24-9-13-28(14-10-24)35-20-26(33)22-37-18-16-31(5)6/h7-14,25-26,32-33H,15-22H2,1-6H3. The molecule has 2 rings (SSSR count). The Balaban J connectivity index is 1.80. The molecule has 0 heterocycles. The van der Waals surface area contributed by atoms with E-state index in [0.29, 0.717) is 24.7 Å². The lowest BCUT2D eigenvalue weighted by Gasteiger charge is -2.26.